The van der Waals surface area contributed by atoms with E-state index in [1.54, 1.807) is 0 Å². The number of likely N-dealkylation sites (tertiary alicyclic amines) is 1. The second-order valence-electron chi connectivity index (χ2n) is 6.55. The Morgan fingerprint density at radius 2 is 2.26 bits per heavy atom. The van der Waals surface area contributed by atoms with Crippen molar-refractivity contribution < 1.29 is 0 Å². The maximum Gasteiger partial charge on any atom is 0.0537 e. The quantitative estimate of drug-likeness (QED) is 0.778. The first kappa shape index (κ1) is 16.7. The number of rotatable bonds is 7. The molecule has 4 nitrogen and oxygen atoms in total. The summed E-state index contributed by atoms with van der Waals surface area (Å²) in [6.07, 6.45) is 4.71. The molecule has 0 spiro atoms. The Morgan fingerprint density at radius 1 is 1.39 bits per heavy atom. The van der Waals surface area contributed by atoms with Crippen molar-refractivity contribution in [1.82, 2.24) is 19.6 Å². The highest BCUT2D eigenvalue weighted by atomic mass is 32.1. The molecular weight excluding hydrogens is 304 g/mol. The van der Waals surface area contributed by atoms with E-state index in [1.807, 2.05) is 29.3 Å². The van der Waals surface area contributed by atoms with E-state index in [1.165, 1.54) is 42.1 Å². The largest absolute Gasteiger partial charge is 0.299 e. The first-order valence-corrected chi connectivity index (χ1v) is 9.51. The molecule has 2 aromatic heterocycles. The van der Waals surface area contributed by atoms with Crippen LogP contribution >= 0.6 is 11.3 Å². The maximum absolute atomic E-state index is 4.41. The van der Waals surface area contributed by atoms with E-state index in [2.05, 4.69) is 46.3 Å². The van der Waals surface area contributed by atoms with Crippen LogP contribution in [0.25, 0.3) is 0 Å². The van der Waals surface area contributed by atoms with Gasteiger partial charge in [-0.1, -0.05) is 13.0 Å². The summed E-state index contributed by atoms with van der Waals surface area (Å²) in [7, 11) is 2.03. The Kier molecular flexibility index (Phi) is 5.51. The predicted octanol–water partition coefficient (Wildman–Crippen LogP) is 3.28. The minimum atomic E-state index is 0.705. The Balaban J connectivity index is 1.72. The summed E-state index contributed by atoms with van der Waals surface area (Å²) in [5.74, 6) is 0. The summed E-state index contributed by atoms with van der Waals surface area (Å²) in [5.41, 5.74) is 2.63. The highest BCUT2D eigenvalue weighted by Gasteiger charge is 2.25. The van der Waals surface area contributed by atoms with E-state index in [4.69, 9.17) is 0 Å². The van der Waals surface area contributed by atoms with Gasteiger partial charge in [0.15, 0.2) is 0 Å². The predicted molar refractivity (Wildman–Crippen MR) is 96.6 cm³/mol. The van der Waals surface area contributed by atoms with Crippen LogP contribution in [0.1, 0.15) is 35.9 Å². The van der Waals surface area contributed by atoms with Gasteiger partial charge in [-0.3, -0.25) is 14.5 Å². The van der Waals surface area contributed by atoms with Crippen LogP contribution in [0.15, 0.2) is 23.7 Å². The molecule has 1 aliphatic rings. The van der Waals surface area contributed by atoms with Gasteiger partial charge in [0.25, 0.3) is 0 Å². The molecule has 2 aromatic rings. The van der Waals surface area contributed by atoms with Gasteiger partial charge in [-0.15, -0.1) is 11.3 Å². The zero-order valence-electron chi connectivity index (χ0n) is 14.5. The van der Waals surface area contributed by atoms with E-state index in [0.29, 0.717) is 6.04 Å². The molecule has 3 heterocycles. The molecule has 0 amide bonds. The lowest BCUT2D eigenvalue weighted by atomic mass is 10.1. The summed E-state index contributed by atoms with van der Waals surface area (Å²) in [6.45, 7) is 10.1. The molecule has 1 atom stereocenters. The Morgan fingerprint density at radius 3 is 2.91 bits per heavy atom. The van der Waals surface area contributed by atoms with Gasteiger partial charge in [0.1, 0.15) is 0 Å². The average molecular weight is 333 g/mol. The second-order valence-corrected chi connectivity index (χ2v) is 7.58. The molecule has 5 heteroatoms. The van der Waals surface area contributed by atoms with Crippen molar-refractivity contribution >= 4 is 11.3 Å². The number of hydrogen-bond acceptors (Lipinski definition) is 4. The van der Waals surface area contributed by atoms with Crippen molar-refractivity contribution in [3.8, 4) is 0 Å². The number of hydrogen-bond donors (Lipinski definition) is 0. The van der Waals surface area contributed by atoms with E-state index in [-0.39, 0.29) is 0 Å². The van der Waals surface area contributed by atoms with Gasteiger partial charge in [-0.05, 0) is 44.3 Å². The molecule has 0 saturated carbocycles. The molecule has 1 aliphatic heterocycles. The van der Waals surface area contributed by atoms with Crippen LogP contribution in [0.2, 0.25) is 0 Å². The van der Waals surface area contributed by atoms with Crippen molar-refractivity contribution in [2.75, 3.05) is 19.6 Å². The number of aryl methyl sites for hydroxylation is 1. The van der Waals surface area contributed by atoms with Crippen molar-refractivity contribution in [1.29, 1.82) is 0 Å². The molecular formula is C18H28N4S. The summed E-state index contributed by atoms with van der Waals surface area (Å²) in [5, 5.41) is 6.59. The average Bonchev–Trinajstić information content (AvgIpc) is 3.26. The van der Waals surface area contributed by atoms with Crippen molar-refractivity contribution in [3.05, 3.63) is 39.8 Å². The molecule has 0 radical (unpaired) electrons. The Labute approximate surface area is 143 Å². The molecule has 1 saturated heterocycles. The number of likely N-dealkylation sites (N-methyl/N-ethyl adjacent to an activating group) is 1. The first-order chi connectivity index (χ1) is 11.2. The standard InChI is InChI=1S/C18H28N4S/c1-4-22-9-5-7-17(22)13-21(14-18-8-6-10-23-18)12-16-11-19-20(3)15(16)2/h6,8,10-11,17H,4-5,7,9,12-14H2,1-3H3/t17-/m1/s1. The third-order valence-corrected chi connectivity index (χ3v) is 5.93. The lowest BCUT2D eigenvalue weighted by Crippen LogP contribution is -2.39. The molecule has 3 rings (SSSR count). The smallest absolute Gasteiger partial charge is 0.0537 e. The van der Waals surface area contributed by atoms with Crippen LogP contribution < -0.4 is 0 Å². The van der Waals surface area contributed by atoms with Crippen molar-refractivity contribution in [2.24, 2.45) is 7.05 Å². The maximum atomic E-state index is 4.41. The normalized spacial score (nSPS) is 19.0. The van der Waals surface area contributed by atoms with Crippen molar-refractivity contribution in [3.63, 3.8) is 0 Å². The Hall–Kier alpha value is -1.17. The lowest BCUT2D eigenvalue weighted by molar-refractivity contribution is 0.167. The zero-order chi connectivity index (χ0) is 16.2. The molecule has 0 N–H and O–H groups in total. The van der Waals surface area contributed by atoms with Crippen LogP contribution in [0.4, 0.5) is 0 Å². The van der Waals surface area contributed by atoms with Gasteiger partial charge >= 0.3 is 0 Å². The molecule has 0 aliphatic carbocycles. The van der Waals surface area contributed by atoms with Gasteiger partial charge < -0.3 is 0 Å². The van der Waals surface area contributed by atoms with Crippen LogP contribution in [0.5, 0.6) is 0 Å². The van der Waals surface area contributed by atoms with E-state index in [0.717, 1.165) is 19.6 Å². The Bertz CT molecular complexity index is 605. The minimum Gasteiger partial charge on any atom is -0.299 e. The molecule has 0 unspecified atom stereocenters. The van der Waals surface area contributed by atoms with Crippen LogP contribution in [-0.4, -0.2) is 45.3 Å². The summed E-state index contributed by atoms with van der Waals surface area (Å²) in [6, 6.07) is 5.11. The fourth-order valence-electron chi connectivity index (χ4n) is 3.56. The van der Waals surface area contributed by atoms with Crippen LogP contribution in [-0.2, 0) is 20.1 Å². The van der Waals surface area contributed by atoms with Crippen LogP contribution in [0, 0.1) is 6.92 Å². The van der Waals surface area contributed by atoms with E-state index in [9.17, 15) is 0 Å². The molecule has 1 fully saturated rings. The monoisotopic (exact) mass is 332 g/mol. The first-order valence-electron chi connectivity index (χ1n) is 8.63. The number of aromatic nitrogens is 2. The fraction of sp³-hybridized carbons (Fsp3) is 0.611. The lowest BCUT2D eigenvalue weighted by Gasteiger charge is -2.30. The highest BCUT2D eigenvalue weighted by Crippen LogP contribution is 2.22. The summed E-state index contributed by atoms with van der Waals surface area (Å²) >= 11 is 1.86. The zero-order valence-corrected chi connectivity index (χ0v) is 15.4. The van der Waals surface area contributed by atoms with Gasteiger partial charge in [0.2, 0.25) is 0 Å². The number of nitrogens with zero attached hydrogens (tertiary/aromatic N) is 4. The third-order valence-electron chi connectivity index (χ3n) is 5.06. The molecule has 126 valence electrons. The van der Waals surface area contributed by atoms with Gasteiger partial charge in [-0.25, -0.2) is 0 Å². The van der Waals surface area contributed by atoms with Gasteiger partial charge in [0.05, 0.1) is 6.20 Å². The third kappa shape index (κ3) is 4.03. The minimum absolute atomic E-state index is 0.705. The molecule has 0 aromatic carbocycles. The summed E-state index contributed by atoms with van der Waals surface area (Å²) in [4.78, 5) is 6.69. The topological polar surface area (TPSA) is 24.3 Å². The number of thiophene rings is 1. The molecule has 23 heavy (non-hydrogen) atoms. The van der Waals surface area contributed by atoms with E-state index < -0.39 is 0 Å². The highest BCUT2D eigenvalue weighted by molar-refractivity contribution is 7.09. The summed E-state index contributed by atoms with van der Waals surface area (Å²) < 4.78 is 1.98. The second kappa shape index (κ2) is 7.60. The van der Waals surface area contributed by atoms with Crippen molar-refractivity contribution in [2.45, 2.75) is 45.8 Å². The molecule has 0 bridgehead atoms. The SMILES string of the molecule is CCN1CCC[C@@H]1CN(Cc1cccs1)Cc1cnn(C)c1C. The van der Waals surface area contributed by atoms with E-state index >= 15 is 0 Å². The van der Waals surface area contributed by atoms with Gasteiger partial charge in [-0.2, -0.15) is 5.10 Å². The van der Waals surface area contributed by atoms with Gasteiger partial charge in [0, 0.05) is 48.9 Å². The van der Waals surface area contributed by atoms with Crippen LogP contribution in [0.3, 0.4) is 0 Å². The fourth-order valence-corrected chi connectivity index (χ4v) is 4.31.